The first-order chi connectivity index (χ1) is 9.33. The maximum atomic E-state index is 9.11. The van der Waals surface area contributed by atoms with Crippen molar-refractivity contribution >= 4 is 11.3 Å². The van der Waals surface area contributed by atoms with E-state index in [2.05, 4.69) is 22.0 Å². The van der Waals surface area contributed by atoms with Crippen molar-refractivity contribution in [2.45, 2.75) is 18.9 Å². The standard InChI is InChI=1S/C13H16N4OS/c14-3-1-2-11(8-15)9-17-5-6-18-12(10-17)13-16-4-7-19-13/h4,7,11-12H,1-2,5-6,9-10H2/t11-,12+/m1/s1. The molecule has 0 amide bonds. The van der Waals surface area contributed by atoms with E-state index in [4.69, 9.17) is 15.3 Å². The van der Waals surface area contributed by atoms with Crippen LogP contribution in [0.4, 0.5) is 0 Å². The molecule has 0 unspecified atom stereocenters. The molecule has 2 heterocycles. The Bertz CT molecular complexity index is 462. The van der Waals surface area contributed by atoms with Crippen LogP contribution in [-0.2, 0) is 4.74 Å². The molecule has 1 aliphatic heterocycles. The highest BCUT2D eigenvalue weighted by molar-refractivity contribution is 7.09. The number of morpholine rings is 1. The second-order valence-electron chi connectivity index (χ2n) is 4.51. The molecule has 2 atom stereocenters. The molecule has 0 bridgehead atoms. The van der Waals surface area contributed by atoms with Gasteiger partial charge in [0.15, 0.2) is 0 Å². The summed E-state index contributed by atoms with van der Waals surface area (Å²) in [7, 11) is 0. The lowest BCUT2D eigenvalue weighted by atomic mass is 10.0. The second-order valence-corrected chi connectivity index (χ2v) is 5.44. The number of aromatic nitrogens is 1. The first-order valence-corrected chi connectivity index (χ1v) is 7.21. The van der Waals surface area contributed by atoms with Gasteiger partial charge in [0.1, 0.15) is 11.1 Å². The monoisotopic (exact) mass is 276 g/mol. The molecule has 1 saturated heterocycles. The van der Waals surface area contributed by atoms with Crippen molar-refractivity contribution in [1.29, 1.82) is 10.5 Å². The van der Waals surface area contributed by atoms with Crippen LogP contribution in [0.2, 0.25) is 0 Å². The van der Waals surface area contributed by atoms with Gasteiger partial charge >= 0.3 is 0 Å². The van der Waals surface area contributed by atoms with E-state index >= 15 is 0 Å². The van der Waals surface area contributed by atoms with Crippen LogP contribution in [0.5, 0.6) is 0 Å². The van der Waals surface area contributed by atoms with Crippen LogP contribution in [0.15, 0.2) is 11.6 Å². The van der Waals surface area contributed by atoms with Gasteiger partial charge in [-0.15, -0.1) is 11.3 Å². The van der Waals surface area contributed by atoms with Crippen molar-refractivity contribution in [2.24, 2.45) is 5.92 Å². The van der Waals surface area contributed by atoms with Crippen molar-refractivity contribution < 1.29 is 4.74 Å². The topological polar surface area (TPSA) is 72.9 Å². The van der Waals surface area contributed by atoms with E-state index in [1.165, 1.54) is 0 Å². The van der Waals surface area contributed by atoms with E-state index in [1.807, 2.05) is 5.38 Å². The van der Waals surface area contributed by atoms with Crippen LogP contribution in [0.25, 0.3) is 0 Å². The Morgan fingerprint density at radius 1 is 1.58 bits per heavy atom. The molecule has 0 saturated carbocycles. The van der Waals surface area contributed by atoms with Gasteiger partial charge in [-0.25, -0.2) is 4.98 Å². The van der Waals surface area contributed by atoms with E-state index in [9.17, 15) is 0 Å². The zero-order valence-corrected chi connectivity index (χ0v) is 11.5. The molecule has 5 nitrogen and oxygen atoms in total. The number of nitriles is 2. The molecule has 0 spiro atoms. The van der Waals surface area contributed by atoms with E-state index < -0.39 is 0 Å². The van der Waals surface area contributed by atoms with Gasteiger partial charge in [-0.3, -0.25) is 4.90 Å². The Morgan fingerprint density at radius 3 is 3.16 bits per heavy atom. The maximum Gasteiger partial charge on any atom is 0.123 e. The lowest BCUT2D eigenvalue weighted by Gasteiger charge is -2.32. The number of nitrogens with zero attached hydrogens (tertiary/aromatic N) is 4. The van der Waals surface area contributed by atoms with E-state index in [-0.39, 0.29) is 12.0 Å². The van der Waals surface area contributed by atoms with Crippen molar-refractivity contribution in [1.82, 2.24) is 9.88 Å². The third-order valence-corrected chi connectivity index (χ3v) is 4.01. The molecule has 6 heteroatoms. The fourth-order valence-electron chi connectivity index (χ4n) is 2.16. The molecule has 1 aromatic heterocycles. The molecule has 1 aliphatic rings. The first-order valence-electron chi connectivity index (χ1n) is 6.33. The average Bonchev–Trinajstić information content (AvgIpc) is 2.98. The van der Waals surface area contributed by atoms with Gasteiger partial charge in [0.25, 0.3) is 0 Å². The fraction of sp³-hybridized carbons (Fsp3) is 0.615. The SMILES string of the molecule is N#CCC[C@H](C#N)CN1CCO[C@H](c2nccs2)C1. The highest BCUT2D eigenvalue weighted by atomic mass is 32.1. The molecule has 100 valence electrons. The summed E-state index contributed by atoms with van der Waals surface area (Å²) in [5.41, 5.74) is 0. The van der Waals surface area contributed by atoms with Crippen LogP contribution in [0.3, 0.4) is 0 Å². The number of hydrogen-bond donors (Lipinski definition) is 0. The molecule has 1 fully saturated rings. The normalized spacial score (nSPS) is 21.5. The predicted molar refractivity (Wildman–Crippen MR) is 71.2 cm³/mol. The van der Waals surface area contributed by atoms with E-state index in [1.54, 1.807) is 17.5 Å². The quantitative estimate of drug-likeness (QED) is 0.822. The summed E-state index contributed by atoms with van der Waals surface area (Å²) in [6, 6.07) is 4.39. The summed E-state index contributed by atoms with van der Waals surface area (Å²) in [4.78, 5) is 6.52. The summed E-state index contributed by atoms with van der Waals surface area (Å²) < 4.78 is 5.72. The van der Waals surface area contributed by atoms with Crippen molar-refractivity contribution in [3.05, 3.63) is 16.6 Å². The predicted octanol–water partition coefficient (Wildman–Crippen LogP) is 1.96. The van der Waals surface area contributed by atoms with Gasteiger partial charge in [0.2, 0.25) is 0 Å². The Kier molecular flexibility index (Phi) is 5.29. The third kappa shape index (κ3) is 4.00. The molecule has 0 radical (unpaired) electrons. The minimum absolute atomic E-state index is 0.0176. The summed E-state index contributed by atoms with van der Waals surface area (Å²) >= 11 is 1.60. The summed E-state index contributed by atoms with van der Waals surface area (Å²) in [6.07, 6.45) is 2.89. The molecule has 0 N–H and O–H groups in total. The van der Waals surface area contributed by atoms with Crippen LogP contribution in [0.1, 0.15) is 24.0 Å². The molecular formula is C13H16N4OS. The fourth-order valence-corrected chi connectivity index (χ4v) is 2.84. The molecule has 0 aromatic carbocycles. The number of hydrogen-bond acceptors (Lipinski definition) is 6. The Balaban J connectivity index is 1.87. The smallest absolute Gasteiger partial charge is 0.123 e. The van der Waals surface area contributed by atoms with Gasteiger partial charge in [-0.2, -0.15) is 10.5 Å². The Morgan fingerprint density at radius 2 is 2.47 bits per heavy atom. The van der Waals surface area contributed by atoms with Crippen LogP contribution in [-0.4, -0.2) is 36.1 Å². The zero-order valence-electron chi connectivity index (χ0n) is 10.7. The summed E-state index contributed by atoms with van der Waals surface area (Å²) in [5.74, 6) is -0.0744. The highest BCUT2D eigenvalue weighted by Crippen LogP contribution is 2.24. The maximum absolute atomic E-state index is 9.11. The number of rotatable bonds is 5. The molecular weight excluding hydrogens is 260 g/mol. The number of thiazole rings is 1. The van der Waals surface area contributed by atoms with Crippen LogP contribution >= 0.6 is 11.3 Å². The van der Waals surface area contributed by atoms with Gasteiger partial charge in [-0.05, 0) is 6.42 Å². The van der Waals surface area contributed by atoms with Crippen molar-refractivity contribution in [3.8, 4) is 12.1 Å². The van der Waals surface area contributed by atoms with Gasteiger partial charge < -0.3 is 4.74 Å². The molecule has 2 rings (SSSR count). The third-order valence-electron chi connectivity index (χ3n) is 3.14. The van der Waals surface area contributed by atoms with Crippen LogP contribution in [0, 0.1) is 28.6 Å². The minimum atomic E-state index is -0.0744. The summed E-state index contributed by atoms with van der Waals surface area (Å²) in [5, 5.41) is 20.6. The lowest BCUT2D eigenvalue weighted by molar-refractivity contribution is -0.0328. The highest BCUT2D eigenvalue weighted by Gasteiger charge is 2.25. The molecule has 0 aliphatic carbocycles. The van der Waals surface area contributed by atoms with E-state index in [0.29, 0.717) is 26.0 Å². The zero-order chi connectivity index (χ0) is 13.5. The summed E-state index contributed by atoms with van der Waals surface area (Å²) in [6.45, 7) is 2.99. The Hall–Kier alpha value is -1.47. The minimum Gasteiger partial charge on any atom is -0.368 e. The average molecular weight is 276 g/mol. The second kappa shape index (κ2) is 7.20. The van der Waals surface area contributed by atoms with Crippen molar-refractivity contribution in [3.63, 3.8) is 0 Å². The largest absolute Gasteiger partial charge is 0.368 e. The van der Waals surface area contributed by atoms with Crippen molar-refractivity contribution in [2.75, 3.05) is 26.2 Å². The van der Waals surface area contributed by atoms with E-state index in [0.717, 1.165) is 18.1 Å². The van der Waals surface area contributed by atoms with Gasteiger partial charge in [0.05, 0.1) is 24.7 Å². The van der Waals surface area contributed by atoms with Gasteiger partial charge in [0, 0.05) is 37.6 Å². The molecule has 19 heavy (non-hydrogen) atoms. The van der Waals surface area contributed by atoms with Gasteiger partial charge in [-0.1, -0.05) is 0 Å². The lowest BCUT2D eigenvalue weighted by Crippen LogP contribution is -2.40. The Labute approximate surface area is 117 Å². The molecule has 1 aromatic rings. The van der Waals surface area contributed by atoms with Crippen LogP contribution < -0.4 is 0 Å². The first kappa shape index (κ1) is 14.0. The number of ether oxygens (including phenoxy) is 1.